The quantitative estimate of drug-likeness (QED) is 0.330. The van der Waals surface area contributed by atoms with E-state index in [-0.39, 0.29) is 0 Å². The molecule has 2 aromatic heterocycles. The van der Waals surface area contributed by atoms with E-state index in [0.717, 1.165) is 16.5 Å². The van der Waals surface area contributed by atoms with Crippen LogP contribution in [0, 0.1) is 0 Å². The van der Waals surface area contributed by atoms with Crippen LogP contribution in [-0.2, 0) is 0 Å². The summed E-state index contributed by atoms with van der Waals surface area (Å²) in [6.07, 6.45) is 1.62. The molecule has 0 saturated carbocycles. The predicted octanol–water partition coefficient (Wildman–Crippen LogP) is 6.73. The molecule has 29 heavy (non-hydrogen) atoms. The molecule has 0 atom stereocenters. The lowest BCUT2D eigenvalue weighted by molar-refractivity contribution is 1.07. The van der Waals surface area contributed by atoms with Crippen molar-refractivity contribution < 1.29 is 0 Å². The fraction of sp³-hybridized carbons (Fsp3) is 0. The Balaban J connectivity index is 1.60. The van der Waals surface area contributed by atoms with Gasteiger partial charge in [-0.2, -0.15) is 0 Å². The van der Waals surface area contributed by atoms with Crippen LogP contribution in [0.5, 0.6) is 0 Å². The van der Waals surface area contributed by atoms with E-state index in [1.807, 2.05) is 18.2 Å². The van der Waals surface area contributed by atoms with E-state index in [1.165, 1.54) is 25.6 Å². The summed E-state index contributed by atoms with van der Waals surface area (Å²) in [6, 6.07) is 29.4. The van der Waals surface area contributed by atoms with Crippen LogP contribution in [0.3, 0.4) is 0 Å². The van der Waals surface area contributed by atoms with Gasteiger partial charge in [0, 0.05) is 31.3 Å². The van der Waals surface area contributed by atoms with Crippen LogP contribution < -0.4 is 0 Å². The van der Waals surface area contributed by atoms with Crippen molar-refractivity contribution in [1.82, 2.24) is 15.0 Å². The fourth-order valence-corrected chi connectivity index (χ4v) is 5.07. The number of benzene rings is 4. The van der Waals surface area contributed by atoms with Crippen LogP contribution in [0.2, 0.25) is 0 Å². The summed E-state index contributed by atoms with van der Waals surface area (Å²) in [5, 5.41) is 4.78. The van der Waals surface area contributed by atoms with Gasteiger partial charge in [-0.25, -0.2) is 15.0 Å². The molecule has 0 spiro atoms. The van der Waals surface area contributed by atoms with E-state index in [1.54, 1.807) is 17.7 Å². The second kappa shape index (κ2) is 6.47. The zero-order chi connectivity index (χ0) is 19.2. The minimum Gasteiger partial charge on any atom is -0.216 e. The van der Waals surface area contributed by atoms with Gasteiger partial charge in [-0.15, -0.1) is 11.3 Å². The Morgan fingerprint density at radius 3 is 2.14 bits per heavy atom. The molecule has 0 bridgehead atoms. The summed E-state index contributed by atoms with van der Waals surface area (Å²) in [7, 11) is 0. The van der Waals surface area contributed by atoms with Crippen LogP contribution in [0.15, 0.2) is 91.3 Å². The molecular formula is C25H15N3S. The maximum atomic E-state index is 4.88. The maximum Gasteiger partial charge on any atom is 0.164 e. The number of fused-ring (bicyclic) bond motifs is 4. The summed E-state index contributed by atoms with van der Waals surface area (Å²) in [4.78, 5) is 13.9. The molecule has 0 aliphatic rings. The normalized spacial score (nSPS) is 11.4. The minimum absolute atomic E-state index is 0.698. The molecule has 0 aliphatic heterocycles. The molecule has 2 heterocycles. The highest BCUT2D eigenvalue weighted by Gasteiger charge is 2.14. The number of rotatable bonds is 2. The van der Waals surface area contributed by atoms with Crippen molar-refractivity contribution in [1.29, 1.82) is 0 Å². The van der Waals surface area contributed by atoms with Crippen molar-refractivity contribution in [2.45, 2.75) is 0 Å². The molecule has 0 aliphatic carbocycles. The summed E-state index contributed by atoms with van der Waals surface area (Å²) in [5.41, 5.74) is 2.07. The van der Waals surface area contributed by atoms with Crippen LogP contribution in [0.25, 0.3) is 53.7 Å². The van der Waals surface area contributed by atoms with E-state index in [4.69, 9.17) is 4.98 Å². The number of hydrogen-bond donors (Lipinski definition) is 0. The smallest absolute Gasteiger partial charge is 0.164 e. The summed E-state index contributed by atoms with van der Waals surface area (Å²) in [6.45, 7) is 0. The van der Waals surface area contributed by atoms with Crippen molar-refractivity contribution in [2.75, 3.05) is 0 Å². The number of nitrogens with zero attached hydrogens (tertiary/aromatic N) is 3. The van der Waals surface area contributed by atoms with Gasteiger partial charge in [0.25, 0.3) is 0 Å². The summed E-state index contributed by atoms with van der Waals surface area (Å²) < 4.78 is 2.52. The van der Waals surface area contributed by atoms with Crippen molar-refractivity contribution >= 4 is 42.3 Å². The molecule has 3 nitrogen and oxygen atoms in total. The van der Waals surface area contributed by atoms with Crippen LogP contribution in [-0.4, -0.2) is 15.0 Å². The van der Waals surface area contributed by atoms with Gasteiger partial charge in [-0.1, -0.05) is 72.8 Å². The molecule has 0 fully saturated rings. The molecular weight excluding hydrogens is 374 g/mol. The second-order valence-electron chi connectivity index (χ2n) is 6.94. The fourth-order valence-electron chi connectivity index (χ4n) is 3.94. The second-order valence-corrected chi connectivity index (χ2v) is 8.02. The van der Waals surface area contributed by atoms with E-state index >= 15 is 0 Å². The summed E-state index contributed by atoms with van der Waals surface area (Å²) in [5.74, 6) is 1.40. The third-order valence-corrected chi connectivity index (χ3v) is 6.38. The van der Waals surface area contributed by atoms with E-state index in [9.17, 15) is 0 Å². The molecule has 6 aromatic rings. The van der Waals surface area contributed by atoms with Gasteiger partial charge < -0.3 is 0 Å². The Kier molecular flexibility index (Phi) is 3.64. The lowest BCUT2D eigenvalue weighted by Gasteiger charge is -2.07. The van der Waals surface area contributed by atoms with Gasteiger partial charge in [0.2, 0.25) is 0 Å². The third kappa shape index (κ3) is 2.61. The Bertz CT molecular complexity index is 1510. The predicted molar refractivity (Wildman–Crippen MR) is 121 cm³/mol. The number of aromatic nitrogens is 3. The van der Waals surface area contributed by atoms with Crippen molar-refractivity contribution in [3.63, 3.8) is 0 Å². The topological polar surface area (TPSA) is 38.7 Å². The van der Waals surface area contributed by atoms with E-state index < -0.39 is 0 Å². The minimum atomic E-state index is 0.698. The molecule has 0 N–H and O–H groups in total. The molecule has 0 radical (unpaired) electrons. The van der Waals surface area contributed by atoms with Crippen molar-refractivity contribution in [3.8, 4) is 22.8 Å². The van der Waals surface area contributed by atoms with Gasteiger partial charge in [0.05, 0.1) is 0 Å². The molecule has 0 saturated heterocycles. The Morgan fingerprint density at radius 2 is 1.21 bits per heavy atom. The van der Waals surface area contributed by atoms with Crippen LogP contribution >= 0.6 is 11.3 Å². The van der Waals surface area contributed by atoms with Crippen LogP contribution in [0.1, 0.15) is 0 Å². The average Bonchev–Trinajstić information content (AvgIpc) is 3.17. The first-order valence-electron chi connectivity index (χ1n) is 9.46. The van der Waals surface area contributed by atoms with Crippen LogP contribution in [0.4, 0.5) is 0 Å². The molecule has 0 amide bonds. The van der Waals surface area contributed by atoms with E-state index in [2.05, 4.69) is 76.7 Å². The number of hydrogen-bond acceptors (Lipinski definition) is 4. The Hall–Kier alpha value is -3.63. The average molecular weight is 389 g/mol. The first kappa shape index (κ1) is 16.3. The lowest BCUT2D eigenvalue weighted by Crippen LogP contribution is -1.96. The lowest BCUT2D eigenvalue weighted by atomic mass is 10.0. The van der Waals surface area contributed by atoms with Gasteiger partial charge in [0.1, 0.15) is 6.33 Å². The Morgan fingerprint density at radius 1 is 0.552 bits per heavy atom. The third-order valence-electron chi connectivity index (χ3n) is 5.25. The SMILES string of the molecule is c1ccc2c(-c3ncnc(-c4cccc5sc6ccccc6c45)n3)cccc2c1. The van der Waals surface area contributed by atoms with Gasteiger partial charge in [-0.05, 0) is 22.9 Å². The summed E-state index contributed by atoms with van der Waals surface area (Å²) >= 11 is 1.80. The highest BCUT2D eigenvalue weighted by molar-refractivity contribution is 7.25. The molecule has 4 aromatic carbocycles. The zero-order valence-corrected chi connectivity index (χ0v) is 16.2. The van der Waals surface area contributed by atoms with Crippen molar-refractivity contribution in [3.05, 3.63) is 91.3 Å². The van der Waals surface area contributed by atoms with Crippen molar-refractivity contribution in [2.24, 2.45) is 0 Å². The molecule has 136 valence electrons. The number of thiophene rings is 1. The first-order valence-corrected chi connectivity index (χ1v) is 10.3. The molecule has 6 rings (SSSR count). The zero-order valence-electron chi connectivity index (χ0n) is 15.4. The maximum absolute atomic E-state index is 4.88. The largest absolute Gasteiger partial charge is 0.216 e. The van der Waals surface area contributed by atoms with Gasteiger partial charge >= 0.3 is 0 Å². The van der Waals surface area contributed by atoms with E-state index in [0.29, 0.717) is 11.6 Å². The van der Waals surface area contributed by atoms with Gasteiger partial charge in [-0.3, -0.25) is 0 Å². The standard InChI is InChI=1S/C25H15N3S/c1-2-9-17-16(7-1)8-5-11-18(17)24-26-15-27-25(28-24)20-12-6-14-22-23(20)19-10-3-4-13-21(19)29-22/h1-15H. The molecule has 0 unspecified atom stereocenters. The van der Waals surface area contributed by atoms with Gasteiger partial charge in [0.15, 0.2) is 11.6 Å². The highest BCUT2D eigenvalue weighted by atomic mass is 32.1. The monoisotopic (exact) mass is 389 g/mol. The first-order chi connectivity index (χ1) is 14.4. The Labute approximate surface area is 171 Å². The highest BCUT2D eigenvalue weighted by Crippen LogP contribution is 2.39. The molecule has 4 heteroatoms.